The van der Waals surface area contributed by atoms with Gasteiger partial charge in [0, 0.05) is 4.57 Å². The molecule has 0 N–H and O–H groups in total. The quantitative estimate of drug-likeness (QED) is 0.703. The minimum atomic E-state index is -2.00. The zero-order valence-electron chi connectivity index (χ0n) is 8.06. The second kappa shape index (κ2) is 7.71. The largest absolute Gasteiger partial charge is 0.749 e. The normalized spacial score (nSPS) is 9.62. The highest BCUT2D eigenvalue weighted by atomic mass is 31.1. The summed E-state index contributed by atoms with van der Waals surface area (Å²) in [5.74, 6) is 0.551. The van der Waals surface area contributed by atoms with Crippen LogP contribution in [0.5, 0.6) is 5.75 Å². The highest BCUT2D eigenvalue weighted by Crippen LogP contribution is 2.25. The van der Waals surface area contributed by atoms with E-state index in [4.69, 9.17) is 4.52 Å². The van der Waals surface area contributed by atoms with Gasteiger partial charge in [-0.05, 0) is 12.1 Å². The lowest BCUT2D eigenvalue weighted by molar-refractivity contribution is 0.349. The lowest BCUT2D eigenvalue weighted by Gasteiger charge is -1.87. The van der Waals surface area contributed by atoms with Gasteiger partial charge >= 0.3 is 8.25 Å². The van der Waals surface area contributed by atoms with E-state index in [9.17, 15) is 4.57 Å². The zero-order valence-corrected chi connectivity index (χ0v) is 8.95. The van der Waals surface area contributed by atoms with E-state index in [-0.39, 0.29) is 0 Å². The molecule has 1 rings (SSSR count). The Kier molecular flexibility index (Phi) is 7.17. The van der Waals surface area contributed by atoms with Crippen LogP contribution in [0.4, 0.5) is 0 Å². The van der Waals surface area contributed by atoms with E-state index in [1.165, 1.54) is 7.11 Å². The molecule has 0 amide bonds. The van der Waals surface area contributed by atoms with Gasteiger partial charge in [0.05, 0.1) is 7.11 Å². The van der Waals surface area contributed by atoms with E-state index in [2.05, 4.69) is 4.52 Å². The molecule has 0 saturated heterocycles. The topological polar surface area (TPSA) is 35.5 Å². The molecule has 0 aliphatic rings. The molecule has 0 aromatic heterocycles. The summed E-state index contributed by atoms with van der Waals surface area (Å²) in [6, 6.07) is 8.88. The fourth-order valence-electron chi connectivity index (χ4n) is 0.605. The van der Waals surface area contributed by atoms with Gasteiger partial charge in [-0.1, -0.05) is 32.0 Å². The van der Waals surface area contributed by atoms with Crippen LogP contribution in [-0.2, 0) is 9.09 Å². The van der Waals surface area contributed by atoms with Gasteiger partial charge in [-0.3, -0.25) is 0 Å². The van der Waals surface area contributed by atoms with E-state index < -0.39 is 8.25 Å². The van der Waals surface area contributed by atoms with Gasteiger partial charge in [0.15, 0.2) is 5.75 Å². The molecule has 1 aromatic rings. The Labute approximate surface area is 79.6 Å². The molecule has 4 heteroatoms. The number of hydrogen-bond acceptors (Lipinski definition) is 3. The summed E-state index contributed by atoms with van der Waals surface area (Å²) in [6.45, 7) is 4.00. The molecular formula is C9H14O3P+. The van der Waals surface area contributed by atoms with Crippen molar-refractivity contribution in [2.24, 2.45) is 0 Å². The molecule has 1 atom stereocenters. The van der Waals surface area contributed by atoms with Crippen molar-refractivity contribution in [2.75, 3.05) is 7.11 Å². The maximum absolute atomic E-state index is 10.7. The minimum absolute atomic E-state index is 0.551. The predicted molar refractivity (Wildman–Crippen MR) is 53.0 cm³/mol. The zero-order chi connectivity index (χ0) is 10.1. The Morgan fingerprint density at radius 2 is 1.69 bits per heavy atom. The number of para-hydroxylation sites is 1. The first-order chi connectivity index (χ1) is 6.33. The molecule has 0 fully saturated rings. The molecule has 0 spiro atoms. The average molecular weight is 201 g/mol. The second-order valence-electron chi connectivity index (χ2n) is 1.81. The van der Waals surface area contributed by atoms with Crippen LogP contribution in [0.2, 0.25) is 0 Å². The fourth-order valence-corrected chi connectivity index (χ4v) is 0.973. The van der Waals surface area contributed by atoms with E-state index in [0.29, 0.717) is 5.75 Å². The third-order valence-corrected chi connectivity index (χ3v) is 1.73. The molecule has 0 bridgehead atoms. The first kappa shape index (κ1) is 12.1. The lowest BCUT2D eigenvalue weighted by Crippen LogP contribution is -1.80. The smallest absolute Gasteiger partial charge is 0.229 e. The molecule has 0 heterocycles. The summed E-state index contributed by atoms with van der Waals surface area (Å²) in [4.78, 5) is 0. The summed E-state index contributed by atoms with van der Waals surface area (Å²) < 4.78 is 20.0. The summed E-state index contributed by atoms with van der Waals surface area (Å²) >= 11 is 0. The average Bonchev–Trinajstić information content (AvgIpc) is 2.22. The number of benzene rings is 1. The SMILES string of the molecule is CC.CO[P+](=O)Oc1ccccc1. The Hall–Kier alpha value is -0.920. The third-order valence-electron chi connectivity index (χ3n) is 1.07. The third kappa shape index (κ3) is 5.34. The number of rotatable bonds is 3. The Morgan fingerprint density at radius 3 is 2.15 bits per heavy atom. The second-order valence-corrected chi connectivity index (χ2v) is 2.81. The molecule has 13 heavy (non-hydrogen) atoms. The van der Waals surface area contributed by atoms with Gasteiger partial charge in [0.25, 0.3) is 0 Å². The van der Waals surface area contributed by atoms with Gasteiger partial charge in [-0.25, -0.2) is 4.52 Å². The van der Waals surface area contributed by atoms with Crippen molar-refractivity contribution < 1.29 is 13.6 Å². The van der Waals surface area contributed by atoms with Crippen molar-refractivity contribution in [3.8, 4) is 5.75 Å². The molecule has 1 unspecified atom stereocenters. The van der Waals surface area contributed by atoms with Crippen LogP contribution in [0.15, 0.2) is 30.3 Å². The van der Waals surface area contributed by atoms with Crippen molar-refractivity contribution in [2.45, 2.75) is 13.8 Å². The summed E-state index contributed by atoms with van der Waals surface area (Å²) in [7, 11) is -0.670. The van der Waals surface area contributed by atoms with Crippen molar-refractivity contribution in [3.63, 3.8) is 0 Å². The van der Waals surface area contributed by atoms with E-state index >= 15 is 0 Å². The van der Waals surface area contributed by atoms with Crippen LogP contribution in [0.3, 0.4) is 0 Å². The van der Waals surface area contributed by atoms with Gasteiger partial charge in [0.1, 0.15) is 0 Å². The van der Waals surface area contributed by atoms with E-state index in [1.807, 2.05) is 19.9 Å². The van der Waals surface area contributed by atoms with Gasteiger partial charge in [0.2, 0.25) is 0 Å². The maximum Gasteiger partial charge on any atom is 0.749 e. The van der Waals surface area contributed by atoms with Crippen LogP contribution in [0.1, 0.15) is 13.8 Å². The Morgan fingerprint density at radius 1 is 1.15 bits per heavy atom. The van der Waals surface area contributed by atoms with Gasteiger partial charge in [-0.15, -0.1) is 4.52 Å². The molecular weight excluding hydrogens is 187 g/mol. The highest BCUT2D eigenvalue weighted by Gasteiger charge is 2.17. The first-order valence-corrected chi connectivity index (χ1v) is 5.17. The summed E-state index contributed by atoms with van der Waals surface area (Å²) in [5.41, 5.74) is 0. The predicted octanol–water partition coefficient (Wildman–Crippen LogP) is 3.40. The summed E-state index contributed by atoms with van der Waals surface area (Å²) in [5, 5.41) is 0. The van der Waals surface area contributed by atoms with Gasteiger partial charge < -0.3 is 0 Å². The molecule has 72 valence electrons. The van der Waals surface area contributed by atoms with E-state index in [1.54, 1.807) is 24.3 Å². The molecule has 3 nitrogen and oxygen atoms in total. The van der Waals surface area contributed by atoms with Crippen LogP contribution < -0.4 is 4.52 Å². The van der Waals surface area contributed by atoms with Crippen LogP contribution >= 0.6 is 8.25 Å². The van der Waals surface area contributed by atoms with Crippen LogP contribution in [-0.4, -0.2) is 7.11 Å². The molecule has 0 radical (unpaired) electrons. The van der Waals surface area contributed by atoms with Crippen LogP contribution in [0, 0.1) is 0 Å². The van der Waals surface area contributed by atoms with Crippen molar-refractivity contribution >= 4 is 8.25 Å². The fraction of sp³-hybridized carbons (Fsp3) is 0.333. The molecule has 0 aliphatic carbocycles. The standard InChI is InChI=1S/C7H8O3P.C2H6/c1-9-11(8)10-7-5-3-2-4-6-7;1-2/h2-6H,1H3;1-2H3/q+1;. The summed E-state index contributed by atoms with van der Waals surface area (Å²) in [6.07, 6.45) is 0. The molecule has 1 aromatic carbocycles. The van der Waals surface area contributed by atoms with Gasteiger partial charge in [-0.2, -0.15) is 0 Å². The van der Waals surface area contributed by atoms with Crippen molar-refractivity contribution in [3.05, 3.63) is 30.3 Å². The van der Waals surface area contributed by atoms with E-state index in [0.717, 1.165) is 0 Å². The maximum atomic E-state index is 10.7. The lowest BCUT2D eigenvalue weighted by atomic mass is 10.3. The molecule has 0 saturated carbocycles. The first-order valence-electron chi connectivity index (χ1n) is 4.07. The Bertz CT molecular complexity index is 236. The number of hydrogen-bond donors (Lipinski definition) is 0. The Balaban J connectivity index is 0.000000671. The monoisotopic (exact) mass is 201 g/mol. The highest BCUT2D eigenvalue weighted by molar-refractivity contribution is 7.33. The molecule has 0 aliphatic heterocycles. The minimum Gasteiger partial charge on any atom is -0.229 e. The van der Waals surface area contributed by atoms with Crippen molar-refractivity contribution in [1.82, 2.24) is 0 Å². The van der Waals surface area contributed by atoms with Crippen molar-refractivity contribution in [1.29, 1.82) is 0 Å². The van der Waals surface area contributed by atoms with Crippen LogP contribution in [0.25, 0.3) is 0 Å².